The molecule has 4 heteroatoms. The molecular formula is C13H12ClFN2. The van der Waals surface area contributed by atoms with Crippen LogP contribution in [0.15, 0.2) is 36.4 Å². The molecule has 0 saturated carbocycles. The first-order valence-electron chi connectivity index (χ1n) is 5.15. The molecule has 0 radical (unpaired) electrons. The van der Waals surface area contributed by atoms with Gasteiger partial charge < -0.3 is 11.1 Å². The van der Waals surface area contributed by atoms with E-state index in [9.17, 15) is 4.39 Å². The Bertz CT molecular complexity index is 555. The third-order valence-corrected chi connectivity index (χ3v) is 2.79. The number of aryl methyl sites for hydroxylation is 1. The first kappa shape index (κ1) is 11.7. The number of halogens is 2. The minimum absolute atomic E-state index is 0.0992. The molecule has 2 nitrogen and oxygen atoms in total. The van der Waals surface area contributed by atoms with Crippen molar-refractivity contribution in [3.05, 3.63) is 52.8 Å². The summed E-state index contributed by atoms with van der Waals surface area (Å²) in [5, 5.41) is 3.07. The van der Waals surface area contributed by atoms with Crippen LogP contribution < -0.4 is 11.1 Å². The Hall–Kier alpha value is -1.74. The van der Waals surface area contributed by atoms with Gasteiger partial charge in [-0.15, -0.1) is 0 Å². The van der Waals surface area contributed by atoms with Gasteiger partial charge in [0.25, 0.3) is 0 Å². The average molecular weight is 251 g/mol. The highest BCUT2D eigenvalue weighted by Crippen LogP contribution is 2.26. The summed E-state index contributed by atoms with van der Waals surface area (Å²) in [6, 6.07) is 10.3. The lowest BCUT2D eigenvalue weighted by atomic mass is 10.2. The molecule has 0 aliphatic carbocycles. The molecule has 0 aromatic heterocycles. The Morgan fingerprint density at radius 3 is 2.71 bits per heavy atom. The number of anilines is 3. The molecule has 0 aliphatic heterocycles. The van der Waals surface area contributed by atoms with Crippen molar-refractivity contribution < 1.29 is 4.39 Å². The van der Waals surface area contributed by atoms with E-state index >= 15 is 0 Å². The molecule has 0 bridgehead atoms. The summed E-state index contributed by atoms with van der Waals surface area (Å²) < 4.78 is 13.6. The van der Waals surface area contributed by atoms with Crippen molar-refractivity contribution in [3.63, 3.8) is 0 Å². The molecule has 0 spiro atoms. The number of hydrogen-bond acceptors (Lipinski definition) is 2. The number of hydrogen-bond donors (Lipinski definition) is 2. The van der Waals surface area contributed by atoms with E-state index in [4.69, 9.17) is 17.3 Å². The topological polar surface area (TPSA) is 38.0 Å². The zero-order valence-corrected chi connectivity index (χ0v) is 10.1. The van der Waals surface area contributed by atoms with Gasteiger partial charge in [0.2, 0.25) is 0 Å². The number of nitrogen functional groups attached to an aromatic ring is 1. The fourth-order valence-corrected chi connectivity index (χ4v) is 1.68. The van der Waals surface area contributed by atoms with Crippen LogP contribution in [0.1, 0.15) is 5.56 Å². The van der Waals surface area contributed by atoms with Gasteiger partial charge >= 0.3 is 0 Å². The SMILES string of the molecule is Cc1cc(Nc2cccc(Cl)c2F)ccc1N. The third kappa shape index (κ3) is 2.50. The molecule has 2 rings (SSSR count). The maximum Gasteiger partial charge on any atom is 0.165 e. The van der Waals surface area contributed by atoms with Crippen LogP contribution in [0.3, 0.4) is 0 Å². The van der Waals surface area contributed by atoms with Gasteiger partial charge in [-0.3, -0.25) is 0 Å². The molecule has 2 aromatic rings. The average Bonchev–Trinajstić information content (AvgIpc) is 2.30. The fraction of sp³-hybridized carbons (Fsp3) is 0.0769. The maximum atomic E-state index is 13.6. The highest BCUT2D eigenvalue weighted by molar-refractivity contribution is 6.31. The van der Waals surface area contributed by atoms with Gasteiger partial charge in [0.1, 0.15) is 0 Å². The molecular weight excluding hydrogens is 239 g/mol. The van der Waals surface area contributed by atoms with Crippen LogP contribution in [-0.4, -0.2) is 0 Å². The van der Waals surface area contributed by atoms with Crippen LogP contribution >= 0.6 is 11.6 Å². The summed E-state index contributed by atoms with van der Waals surface area (Å²) in [6.45, 7) is 1.90. The second-order valence-electron chi connectivity index (χ2n) is 3.80. The predicted octanol–water partition coefficient (Wildman–Crippen LogP) is 4.11. The van der Waals surface area contributed by atoms with Crippen LogP contribution in [0.5, 0.6) is 0 Å². The van der Waals surface area contributed by atoms with E-state index in [-0.39, 0.29) is 5.02 Å². The Balaban J connectivity index is 2.31. The van der Waals surface area contributed by atoms with Crippen molar-refractivity contribution in [1.29, 1.82) is 0 Å². The Labute approximate surface area is 104 Å². The lowest BCUT2D eigenvalue weighted by Crippen LogP contribution is -1.96. The minimum Gasteiger partial charge on any atom is -0.399 e. The Kier molecular flexibility index (Phi) is 3.20. The van der Waals surface area contributed by atoms with Crippen LogP contribution in [0.4, 0.5) is 21.5 Å². The molecule has 0 unspecified atom stereocenters. The molecule has 3 N–H and O–H groups in total. The molecule has 17 heavy (non-hydrogen) atoms. The minimum atomic E-state index is -0.455. The molecule has 0 saturated heterocycles. The summed E-state index contributed by atoms with van der Waals surface area (Å²) in [7, 11) is 0. The summed E-state index contributed by atoms with van der Waals surface area (Å²) in [6.07, 6.45) is 0. The smallest absolute Gasteiger partial charge is 0.165 e. The van der Waals surface area contributed by atoms with Crippen LogP contribution in [-0.2, 0) is 0 Å². The summed E-state index contributed by atoms with van der Waals surface area (Å²) >= 11 is 5.70. The van der Waals surface area contributed by atoms with Crippen molar-refractivity contribution in [1.82, 2.24) is 0 Å². The molecule has 2 aromatic carbocycles. The molecule has 0 atom stereocenters. The summed E-state index contributed by atoms with van der Waals surface area (Å²) in [5.41, 5.74) is 8.49. The Morgan fingerprint density at radius 1 is 1.24 bits per heavy atom. The van der Waals surface area contributed by atoms with Crippen molar-refractivity contribution in [3.8, 4) is 0 Å². The van der Waals surface area contributed by atoms with E-state index in [0.717, 1.165) is 11.3 Å². The van der Waals surface area contributed by atoms with Gasteiger partial charge in [-0.1, -0.05) is 17.7 Å². The first-order chi connectivity index (χ1) is 8.08. The second-order valence-corrected chi connectivity index (χ2v) is 4.20. The van der Waals surface area contributed by atoms with Crippen molar-refractivity contribution in [2.75, 3.05) is 11.1 Å². The van der Waals surface area contributed by atoms with E-state index in [2.05, 4.69) is 5.32 Å². The highest BCUT2D eigenvalue weighted by Gasteiger charge is 2.06. The summed E-state index contributed by atoms with van der Waals surface area (Å²) in [4.78, 5) is 0. The van der Waals surface area contributed by atoms with E-state index in [1.165, 1.54) is 6.07 Å². The van der Waals surface area contributed by atoms with Crippen LogP contribution in [0, 0.1) is 12.7 Å². The number of nitrogens with two attached hydrogens (primary N) is 1. The zero-order valence-electron chi connectivity index (χ0n) is 9.30. The van der Waals surface area contributed by atoms with E-state index in [1.807, 2.05) is 13.0 Å². The first-order valence-corrected chi connectivity index (χ1v) is 5.53. The largest absolute Gasteiger partial charge is 0.399 e. The number of benzene rings is 2. The van der Waals surface area contributed by atoms with Gasteiger partial charge in [-0.2, -0.15) is 0 Å². The molecule has 88 valence electrons. The van der Waals surface area contributed by atoms with E-state index < -0.39 is 5.82 Å². The molecule has 0 fully saturated rings. The zero-order chi connectivity index (χ0) is 12.4. The molecule has 0 heterocycles. The summed E-state index contributed by atoms with van der Waals surface area (Å²) in [5.74, 6) is -0.455. The van der Waals surface area contributed by atoms with Crippen LogP contribution in [0.2, 0.25) is 5.02 Å². The Morgan fingerprint density at radius 2 is 2.00 bits per heavy atom. The maximum absolute atomic E-state index is 13.6. The lowest BCUT2D eigenvalue weighted by Gasteiger charge is -2.10. The normalized spacial score (nSPS) is 10.3. The van der Waals surface area contributed by atoms with Crippen molar-refractivity contribution >= 4 is 28.7 Å². The second kappa shape index (κ2) is 4.63. The number of rotatable bonds is 2. The highest BCUT2D eigenvalue weighted by atomic mass is 35.5. The molecule has 0 amide bonds. The van der Waals surface area contributed by atoms with Crippen molar-refractivity contribution in [2.45, 2.75) is 6.92 Å². The van der Waals surface area contributed by atoms with Crippen LogP contribution in [0.25, 0.3) is 0 Å². The lowest BCUT2D eigenvalue weighted by molar-refractivity contribution is 0.632. The standard InChI is InChI=1S/C13H12ClFN2/c1-8-7-9(5-6-11(8)16)17-12-4-2-3-10(14)13(12)15/h2-7,17H,16H2,1H3. The molecule has 0 aliphatic rings. The van der Waals surface area contributed by atoms with Gasteiger partial charge in [-0.25, -0.2) is 4.39 Å². The van der Waals surface area contributed by atoms with E-state index in [1.54, 1.807) is 24.3 Å². The number of nitrogens with one attached hydrogen (secondary N) is 1. The van der Waals surface area contributed by atoms with E-state index in [0.29, 0.717) is 11.4 Å². The monoisotopic (exact) mass is 250 g/mol. The predicted molar refractivity (Wildman–Crippen MR) is 70.3 cm³/mol. The van der Waals surface area contributed by atoms with Gasteiger partial charge in [0, 0.05) is 11.4 Å². The fourth-order valence-electron chi connectivity index (χ4n) is 1.51. The van der Waals surface area contributed by atoms with Gasteiger partial charge in [0.05, 0.1) is 10.7 Å². The third-order valence-electron chi connectivity index (χ3n) is 2.50. The quantitative estimate of drug-likeness (QED) is 0.787. The van der Waals surface area contributed by atoms with Gasteiger partial charge in [0.15, 0.2) is 5.82 Å². The van der Waals surface area contributed by atoms with Crippen molar-refractivity contribution in [2.24, 2.45) is 0 Å². The van der Waals surface area contributed by atoms with Gasteiger partial charge in [-0.05, 0) is 42.8 Å².